The largest absolute Gasteiger partial charge is 0.488 e. The summed E-state index contributed by atoms with van der Waals surface area (Å²) in [6, 6.07) is 13.1. The molecule has 0 aliphatic carbocycles. The SMILES string of the molecule is Cc1cccc(CCC(C)C)c1-c1nc(NSc2cccc(C(=O)O)c2)nc(OCC(CC(C)(C)C)NCc2ncc(OC(C)C)cn2)c1C. The minimum Gasteiger partial charge on any atom is -0.488 e. The zero-order valence-corrected chi connectivity index (χ0v) is 31.6. The van der Waals surface area contributed by atoms with E-state index in [1.54, 1.807) is 30.6 Å². The first-order valence-corrected chi connectivity index (χ1v) is 18.1. The number of nitrogens with one attached hydrogen (secondary N) is 2. The second-order valence-corrected chi connectivity index (χ2v) is 15.4. The van der Waals surface area contributed by atoms with E-state index in [4.69, 9.17) is 19.4 Å². The Morgan fingerprint density at radius 3 is 2.38 bits per heavy atom. The Kier molecular flexibility index (Phi) is 13.6. The number of carboxylic acid groups (broad SMARTS) is 1. The molecule has 50 heavy (non-hydrogen) atoms. The molecule has 2 aromatic heterocycles. The summed E-state index contributed by atoms with van der Waals surface area (Å²) in [5, 5.41) is 13.1. The van der Waals surface area contributed by atoms with Crippen LogP contribution in [0.3, 0.4) is 0 Å². The Morgan fingerprint density at radius 1 is 1.00 bits per heavy atom. The normalized spacial score (nSPS) is 12.3. The standard InChI is InChI=1S/C39H52N6O4S/c1-24(2)16-17-28-13-10-12-26(5)34(28)35-27(6)36(44-38(43-35)45-50-32-15-11-14-29(18-32)37(46)47)48-23-30(19-39(7,8)9)40-22-33-41-20-31(21-42-33)49-25(3)4/h10-15,18,20-21,24-25,30,40H,16-17,19,22-23H2,1-9H3,(H,46,47)(H,43,44,45). The number of aromatic nitrogens is 4. The van der Waals surface area contributed by atoms with Crippen LogP contribution in [0.4, 0.5) is 5.95 Å². The molecule has 0 aliphatic heterocycles. The van der Waals surface area contributed by atoms with Crippen molar-refractivity contribution in [2.45, 2.75) is 105 Å². The van der Waals surface area contributed by atoms with Gasteiger partial charge in [-0.15, -0.1) is 0 Å². The molecular formula is C39H52N6O4S. The van der Waals surface area contributed by atoms with Crippen molar-refractivity contribution in [3.05, 3.63) is 82.9 Å². The highest BCUT2D eigenvalue weighted by atomic mass is 32.2. The van der Waals surface area contributed by atoms with Gasteiger partial charge in [0.05, 0.1) is 36.3 Å². The van der Waals surface area contributed by atoms with E-state index >= 15 is 0 Å². The molecule has 0 amide bonds. The van der Waals surface area contributed by atoms with Gasteiger partial charge in [0.1, 0.15) is 12.4 Å². The average molecular weight is 701 g/mol. The number of nitrogens with zero attached hydrogens (tertiary/aromatic N) is 4. The predicted octanol–water partition coefficient (Wildman–Crippen LogP) is 8.72. The van der Waals surface area contributed by atoms with Crippen molar-refractivity contribution in [1.82, 2.24) is 25.3 Å². The smallest absolute Gasteiger partial charge is 0.335 e. The van der Waals surface area contributed by atoms with Crippen molar-refractivity contribution >= 4 is 23.9 Å². The molecule has 2 aromatic carbocycles. The maximum absolute atomic E-state index is 11.6. The number of carbonyl (C=O) groups is 1. The summed E-state index contributed by atoms with van der Waals surface area (Å²) in [4.78, 5) is 31.1. The summed E-state index contributed by atoms with van der Waals surface area (Å²) in [7, 11) is 0. The summed E-state index contributed by atoms with van der Waals surface area (Å²) >= 11 is 1.26. The van der Waals surface area contributed by atoms with Gasteiger partial charge in [-0.2, -0.15) is 4.98 Å². The fourth-order valence-corrected chi connectivity index (χ4v) is 6.19. The highest BCUT2D eigenvalue weighted by Crippen LogP contribution is 2.35. The first kappa shape index (κ1) is 38.6. The van der Waals surface area contributed by atoms with Crippen LogP contribution in [0.1, 0.15) is 94.2 Å². The van der Waals surface area contributed by atoms with Gasteiger partial charge in [-0.05, 0) is 99.6 Å². The number of carboxylic acids is 1. The molecule has 4 rings (SSSR count). The number of benzene rings is 2. The Balaban J connectivity index is 1.64. The van der Waals surface area contributed by atoms with Crippen molar-refractivity contribution in [2.24, 2.45) is 11.3 Å². The van der Waals surface area contributed by atoms with Crippen LogP contribution < -0.4 is 19.5 Å². The molecule has 11 heteroatoms. The van der Waals surface area contributed by atoms with Crippen molar-refractivity contribution in [3.63, 3.8) is 0 Å². The summed E-state index contributed by atoms with van der Waals surface area (Å²) in [5.74, 6) is 1.76. The van der Waals surface area contributed by atoms with E-state index in [0.29, 0.717) is 42.5 Å². The Labute approximate surface area is 301 Å². The summed E-state index contributed by atoms with van der Waals surface area (Å²) < 4.78 is 15.5. The molecule has 3 N–H and O–H groups in total. The van der Waals surface area contributed by atoms with Gasteiger partial charge in [0.15, 0.2) is 5.75 Å². The van der Waals surface area contributed by atoms with Crippen molar-refractivity contribution in [1.29, 1.82) is 0 Å². The highest BCUT2D eigenvalue weighted by Gasteiger charge is 2.23. The first-order chi connectivity index (χ1) is 23.7. The minimum absolute atomic E-state index is 0.0207. The molecule has 0 saturated carbocycles. The van der Waals surface area contributed by atoms with E-state index in [9.17, 15) is 9.90 Å². The molecule has 0 saturated heterocycles. The van der Waals surface area contributed by atoms with E-state index in [0.717, 1.165) is 46.5 Å². The van der Waals surface area contributed by atoms with E-state index in [1.807, 2.05) is 26.8 Å². The van der Waals surface area contributed by atoms with Gasteiger partial charge in [0.25, 0.3) is 0 Å². The van der Waals surface area contributed by atoms with Gasteiger partial charge in [0, 0.05) is 22.1 Å². The molecule has 0 bridgehead atoms. The number of aryl methyl sites for hydroxylation is 2. The van der Waals surface area contributed by atoms with Crippen LogP contribution in [0.25, 0.3) is 11.3 Å². The number of rotatable bonds is 17. The Morgan fingerprint density at radius 2 is 1.72 bits per heavy atom. The van der Waals surface area contributed by atoms with Gasteiger partial charge in [-0.3, -0.25) is 4.72 Å². The van der Waals surface area contributed by atoms with Crippen molar-refractivity contribution < 1.29 is 19.4 Å². The fourth-order valence-electron chi connectivity index (χ4n) is 5.55. The number of ether oxygens (including phenoxy) is 2. The van der Waals surface area contributed by atoms with Crippen LogP contribution in [0.5, 0.6) is 11.6 Å². The third-order valence-electron chi connectivity index (χ3n) is 7.91. The monoisotopic (exact) mass is 700 g/mol. The lowest BCUT2D eigenvalue weighted by Gasteiger charge is -2.27. The second kappa shape index (κ2) is 17.6. The maximum Gasteiger partial charge on any atom is 0.335 e. The van der Waals surface area contributed by atoms with Gasteiger partial charge in [-0.1, -0.05) is 58.9 Å². The Bertz CT molecular complexity index is 1720. The molecule has 0 radical (unpaired) electrons. The van der Waals surface area contributed by atoms with E-state index in [-0.39, 0.29) is 23.1 Å². The second-order valence-electron chi connectivity index (χ2n) is 14.6. The average Bonchev–Trinajstić information content (AvgIpc) is 3.05. The lowest BCUT2D eigenvalue weighted by molar-refractivity contribution is 0.0696. The number of aromatic carboxylic acids is 1. The zero-order chi connectivity index (χ0) is 36.4. The summed E-state index contributed by atoms with van der Waals surface area (Å²) in [6.45, 7) is 20.0. The third kappa shape index (κ3) is 11.7. The molecule has 268 valence electrons. The molecule has 4 aromatic rings. The molecule has 0 spiro atoms. The van der Waals surface area contributed by atoms with Crippen molar-refractivity contribution in [3.8, 4) is 22.9 Å². The highest BCUT2D eigenvalue weighted by molar-refractivity contribution is 8.00. The van der Waals surface area contributed by atoms with Crippen LogP contribution in [0, 0.1) is 25.2 Å². The number of hydrogen-bond acceptors (Lipinski definition) is 10. The maximum atomic E-state index is 11.6. The van der Waals surface area contributed by atoms with Crippen LogP contribution in [0.2, 0.25) is 0 Å². The van der Waals surface area contributed by atoms with E-state index < -0.39 is 5.97 Å². The predicted molar refractivity (Wildman–Crippen MR) is 201 cm³/mol. The lowest BCUT2D eigenvalue weighted by Crippen LogP contribution is -2.38. The molecule has 1 atom stereocenters. The van der Waals surface area contributed by atoms with Crippen LogP contribution >= 0.6 is 11.9 Å². The molecule has 0 aliphatic rings. The zero-order valence-electron chi connectivity index (χ0n) is 30.8. The summed E-state index contributed by atoms with van der Waals surface area (Å²) in [6.07, 6.45) is 6.29. The molecular weight excluding hydrogens is 649 g/mol. The first-order valence-electron chi connectivity index (χ1n) is 17.3. The van der Waals surface area contributed by atoms with Gasteiger partial charge < -0.3 is 19.9 Å². The quantitative estimate of drug-likeness (QED) is 0.0914. The van der Waals surface area contributed by atoms with Gasteiger partial charge in [-0.25, -0.2) is 19.7 Å². The molecule has 2 heterocycles. The lowest BCUT2D eigenvalue weighted by atomic mass is 9.88. The van der Waals surface area contributed by atoms with Crippen LogP contribution in [0.15, 0.2) is 59.8 Å². The minimum atomic E-state index is -0.979. The van der Waals surface area contributed by atoms with Gasteiger partial charge >= 0.3 is 5.97 Å². The third-order valence-corrected chi connectivity index (χ3v) is 8.69. The van der Waals surface area contributed by atoms with Crippen LogP contribution in [-0.2, 0) is 13.0 Å². The Hall–Kier alpha value is -4.22. The number of hydrogen-bond donors (Lipinski definition) is 3. The molecule has 1 unspecified atom stereocenters. The summed E-state index contributed by atoms with van der Waals surface area (Å²) in [5.41, 5.74) is 5.36. The topological polar surface area (TPSA) is 131 Å². The van der Waals surface area contributed by atoms with Crippen molar-refractivity contribution in [2.75, 3.05) is 11.3 Å². The van der Waals surface area contributed by atoms with Gasteiger partial charge in [0.2, 0.25) is 11.8 Å². The fraction of sp³-hybridized carbons (Fsp3) is 0.462. The van der Waals surface area contributed by atoms with Crippen LogP contribution in [-0.4, -0.2) is 49.8 Å². The van der Waals surface area contributed by atoms with E-state index in [2.05, 4.69) is 79.7 Å². The molecule has 0 fully saturated rings. The molecule has 10 nitrogen and oxygen atoms in total. The van der Waals surface area contributed by atoms with E-state index in [1.165, 1.54) is 17.5 Å². The number of anilines is 1.